The number of ether oxygens (including phenoxy) is 1. The van der Waals surface area contributed by atoms with Gasteiger partial charge in [0.25, 0.3) is 11.5 Å². The Hall–Kier alpha value is -2.97. The third kappa shape index (κ3) is 6.92. The number of hydrogen-bond donors (Lipinski definition) is 1. The molecule has 2 atom stereocenters. The van der Waals surface area contributed by atoms with Crippen molar-refractivity contribution in [1.29, 1.82) is 0 Å². The summed E-state index contributed by atoms with van der Waals surface area (Å²) in [4.78, 5) is 43.6. The van der Waals surface area contributed by atoms with Gasteiger partial charge in [0.05, 0.1) is 30.2 Å². The minimum Gasteiger partial charge on any atom is -0.387 e. The first kappa shape index (κ1) is 31.0. The number of aliphatic hydroxyl groups is 1. The fraction of sp³-hybridized carbons (Fsp3) is 0.606. The molecule has 2 heterocycles. The number of aromatic nitrogens is 1. The Morgan fingerprint density at radius 2 is 1.80 bits per heavy atom. The van der Waals surface area contributed by atoms with Gasteiger partial charge in [-0.05, 0) is 24.3 Å². The number of benzene rings is 1. The lowest BCUT2D eigenvalue weighted by molar-refractivity contribution is -0.159. The summed E-state index contributed by atoms with van der Waals surface area (Å²) >= 11 is 0. The van der Waals surface area contributed by atoms with E-state index in [0.717, 1.165) is 12.0 Å². The normalized spacial score (nSPS) is 21.9. The number of pyridine rings is 1. The van der Waals surface area contributed by atoms with E-state index in [4.69, 9.17) is 4.74 Å². The largest absolute Gasteiger partial charge is 0.387 e. The first-order valence-corrected chi connectivity index (χ1v) is 15.0. The Balaban J connectivity index is 1.56. The van der Waals surface area contributed by atoms with Crippen LogP contribution in [0.15, 0.2) is 47.4 Å². The third-order valence-corrected chi connectivity index (χ3v) is 9.29. The maximum Gasteiger partial charge on any atom is 0.255 e. The Morgan fingerprint density at radius 3 is 2.41 bits per heavy atom. The van der Waals surface area contributed by atoms with E-state index in [1.165, 1.54) is 47.6 Å². The average Bonchev–Trinajstić information content (AvgIpc) is 2.95. The van der Waals surface area contributed by atoms with E-state index < -0.39 is 11.0 Å². The van der Waals surface area contributed by atoms with E-state index in [1.54, 1.807) is 27.4 Å². The minimum atomic E-state index is -1.25. The first-order chi connectivity index (χ1) is 19.5. The van der Waals surface area contributed by atoms with Crippen molar-refractivity contribution < 1.29 is 19.4 Å². The molecule has 0 spiro atoms. The summed E-state index contributed by atoms with van der Waals surface area (Å²) in [6.45, 7) is 5.13. The molecular formula is C33H47N3O5. The number of likely N-dealkylation sites (tertiary alicyclic amines) is 1. The zero-order chi connectivity index (χ0) is 29.8. The molecule has 1 unspecified atom stereocenters. The van der Waals surface area contributed by atoms with Crippen LogP contribution in [0.4, 0.5) is 0 Å². The van der Waals surface area contributed by atoms with Gasteiger partial charge in [0.1, 0.15) is 0 Å². The van der Waals surface area contributed by atoms with E-state index in [1.807, 2.05) is 49.1 Å². The fourth-order valence-electron chi connectivity index (χ4n) is 6.61. The maximum atomic E-state index is 13.7. The second-order valence-electron chi connectivity index (χ2n) is 12.9. The van der Waals surface area contributed by atoms with Crippen molar-refractivity contribution >= 4 is 11.8 Å². The minimum absolute atomic E-state index is 0.0349. The SMILES string of the molecule is COCC(CC1CCCCC1)C(=O)N1CC[C@@](O)(Cn2cc(C(=O)N(C)C)c(-c3ccccc3)cc2=O)C(C)(C)C1. The fourth-order valence-corrected chi connectivity index (χ4v) is 6.61. The molecule has 8 heteroatoms. The summed E-state index contributed by atoms with van der Waals surface area (Å²) < 4.78 is 6.92. The number of piperidine rings is 1. The number of nitrogens with zero attached hydrogens (tertiary/aromatic N) is 3. The van der Waals surface area contributed by atoms with Crippen molar-refractivity contribution in [2.24, 2.45) is 17.3 Å². The lowest BCUT2D eigenvalue weighted by Gasteiger charge is -2.51. The lowest BCUT2D eigenvalue weighted by Crippen LogP contribution is -2.61. The van der Waals surface area contributed by atoms with E-state index in [-0.39, 0.29) is 29.8 Å². The molecule has 0 radical (unpaired) electrons. The third-order valence-electron chi connectivity index (χ3n) is 9.29. The Morgan fingerprint density at radius 1 is 1.12 bits per heavy atom. The standard InChI is InChI=1S/C33H47N3O5/c1-32(2)22-35(30(38)26(21-41-5)18-24-12-8-6-9-13-24)17-16-33(32,40)23-36-20-28(31(39)34(3)4)27(19-29(36)37)25-14-10-7-11-15-25/h7,10-11,14-15,19-20,24,26,40H,6,8-9,12-13,16-18,21-23H2,1-5H3/t26?,33-/m1/s1. The molecule has 2 aliphatic rings. The van der Waals surface area contributed by atoms with Crippen molar-refractivity contribution in [3.05, 3.63) is 58.5 Å². The summed E-state index contributed by atoms with van der Waals surface area (Å²) in [7, 11) is 5.01. The van der Waals surface area contributed by atoms with Crippen molar-refractivity contribution in [2.45, 2.75) is 70.9 Å². The average molecular weight is 566 g/mol. The van der Waals surface area contributed by atoms with Gasteiger partial charge in [-0.1, -0.05) is 76.3 Å². The summed E-state index contributed by atoms with van der Waals surface area (Å²) in [6, 6.07) is 10.9. The van der Waals surface area contributed by atoms with Crippen molar-refractivity contribution in [1.82, 2.24) is 14.4 Å². The van der Waals surface area contributed by atoms with Gasteiger partial charge in [-0.15, -0.1) is 0 Å². The number of amides is 2. The second-order valence-corrected chi connectivity index (χ2v) is 12.9. The predicted octanol–water partition coefficient (Wildman–Crippen LogP) is 4.44. The molecule has 8 nitrogen and oxygen atoms in total. The van der Waals surface area contributed by atoms with Gasteiger partial charge in [0, 0.05) is 57.5 Å². The monoisotopic (exact) mass is 565 g/mol. The van der Waals surface area contributed by atoms with Gasteiger partial charge < -0.3 is 24.2 Å². The quantitative estimate of drug-likeness (QED) is 0.486. The molecule has 2 aromatic rings. The second kappa shape index (κ2) is 12.9. The zero-order valence-electron chi connectivity index (χ0n) is 25.4. The van der Waals surface area contributed by atoms with Crippen LogP contribution in [0.5, 0.6) is 0 Å². The van der Waals surface area contributed by atoms with Crippen molar-refractivity contribution in [2.75, 3.05) is 40.9 Å². The molecule has 1 aromatic carbocycles. The highest BCUT2D eigenvalue weighted by Gasteiger charge is 2.49. The number of rotatable bonds is 9. The number of carbonyl (C=O) groups is 2. The summed E-state index contributed by atoms with van der Waals surface area (Å²) in [6.07, 6.45) is 8.85. The zero-order valence-corrected chi connectivity index (χ0v) is 25.4. The maximum absolute atomic E-state index is 13.7. The topological polar surface area (TPSA) is 92.1 Å². The highest BCUT2D eigenvalue weighted by molar-refractivity contribution is 6.00. The molecule has 41 heavy (non-hydrogen) atoms. The molecule has 1 aliphatic heterocycles. The van der Waals surface area contributed by atoms with Gasteiger partial charge in [-0.3, -0.25) is 14.4 Å². The van der Waals surface area contributed by atoms with E-state index in [0.29, 0.717) is 43.2 Å². The summed E-state index contributed by atoms with van der Waals surface area (Å²) in [5.41, 5.74) is -0.465. The molecule has 1 N–H and O–H groups in total. The number of methoxy groups -OCH3 is 1. The highest BCUT2D eigenvalue weighted by atomic mass is 16.5. The van der Waals surface area contributed by atoms with Gasteiger partial charge in [0.2, 0.25) is 5.91 Å². The Bertz CT molecular complexity index is 1270. The van der Waals surface area contributed by atoms with Gasteiger partial charge in [-0.25, -0.2) is 0 Å². The Labute approximate surface area is 244 Å². The van der Waals surface area contributed by atoms with Crippen LogP contribution < -0.4 is 5.56 Å². The van der Waals surface area contributed by atoms with Crippen LogP contribution in [0.2, 0.25) is 0 Å². The molecule has 1 saturated heterocycles. The molecule has 1 aliphatic carbocycles. The van der Waals surface area contributed by atoms with E-state index in [2.05, 4.69) is 0 Å². The first-order valence-electron chi connectivity index (χ1n) is 15.0. The van der Waals surface area contributed by atoms with E-state index >= 15 is 0 Å². The molecule has 224 valence electrons. The number of hydrogen-bond acceptors (Lipinski definition) is 5. The van der Waals surface area contributed by atoms with Crippen molar-refractivity contribution in [3.8, 4) is 11.1 Å². The van der Waals surface area contributed by atoms with Gasteiger partial charge >= 0.3 is 0 Å². The molecule has 0 bridgehead atoms. The van der Waals surface area contributed by atoms with Crippen LogP contribution in [0.3, 0.4) is 0 Å². The summed E-state index contributed by atoms with van der Waals surface area (Å²) in [5.74, 6) is 0.257. The van der Waals surface area contributed by atoms with E-state index in [9.17, 15) is 19.5 Å². The van der Waals surface area contributed by atoms with Crippen LogP contribution in [0.25, 0.3) is 11.1 Å². The molecule has 2 fully saturated rings. The van der Waals surface area contributed by atoms with Crippen molar-refractivity contribution in [3.63, 3.8) is 0 Å². The lowest BCUT2D eigenvalue weighted by atomic mass is 9.69. The molecule has 1 saturated carbocycles. The van der Waals surface area contributed by atoms with Crippen LogP contribution in [0, 0.1) is 17.3 Å². The Kier molecular flexibility index (Phi) is 9.75. The van der Waals surface area contributed by atoms with Crippen LogP contribution in [-0.2, 0) is 16.1 Å². The number of carbonyl (C=O) groups excluding carboxylic acids is 2. The molecule has 2 amide bonds. The molecule has 1 aromatic heterocycles. The summed E-state index contributed by atoms with van der Waals surface area (Å²) in [5, 5.41) is 12.0. The van der Waals surface area contributed by atoms with Crippen LogP contribution >= 0.6 is 0 Å². The predicted molar refractivity (Wildman–Crippen MR) is 161 cm³/mol. The van der Waals surface area contributed by atoms with Crippen LogP contribution in [-0.4, -0.2) is 77.8 Å². The highest BCUT2D eigenvalue weighted by Crippen LogP contribution is 2.41. The molecular weight excluding hydrogens is 518 g/mol. The van der Waals surface area contributed by atoms with Crippen LogP contribution in [0.1, 0.15) is 69.2 Å². The van der Waals surface area contributed by atoms with Gasteiger partial charge in [0.15, 0.2) is 0 Å². The smallest absolute Gasteiger partial charge is 0.255 e. The molecule has 4 rings (SSSR count). The van der Waals surface area contributed by atoms with Gasteiger partial charge in [-0.2, -0.15) is 0 Å².